The molecule has 0 unspecified atom stereocenters. The van der Waals surface area contributed by atoms with Crippen LogP contribution in [0.25, 0.3) is 0 Å². The van der Waals surface area contributed by atoms with Crippen molar-refractivity contribution in [2.75, 3.05) is 16.4 Å². The predicted octanol–water partition coefficient (Wildman–Crippen LogP) is 1.80. The van der Waals surface area contributed by atoms with Gasteiger partial charge in [-0.1, -0.05) is 0 Å². The van der Waals surface area contributed by atoms with Gasteiger partial charge in [-0.05, 0) is 32.0 Å². The van der Waals surface area contributed by atoms with Gasteiger partial charge in [-0.3, -0.25) is 9.59 Å². The number of thioether (sulfide) groups is 1. The summed E-state index contributed by atoms with van der Waals surface area (Å²) >= 11 is 1.49. The molecule has 0 saturated carbocycles. The molecule has 0 spiro atoms. The van der Waals surface area contributed by atoms with Crippen LogP contribution in [0.3, 0.4) is 0 Å². The summed E-state index contributed by atoms with van der Waals surface area (Å²) < 4.78 is 0. The molecule has 4 N–H and O–H groups in total. The number of fused-ring (bicyclic) bond motifs is 1. The van der Waals surface area contributed by atoms with Crippen LogP contribution in [0.15, 0.2) is 23.1 Å². The number of amides is 2. The Kier molecular flexibility index (Phi) is 3.82. The van der Waals surface area contributed by atoms with Gasteiger partial charge < -0.3 is 16.4 Å². The first kappa shape index (κ1) is 13.9. The summed E-state index contributed by atoms with van der Waals surface area (Å²) in [6, 6.07) is 5.48. The van der Waals surface area contributed by atoms with E-state index in [1.807, 2.05) is 12.1 Å². The lowest BCUT2D eigenvalue weighted by Gasteiger charge is -2.19. The van der Waals surface area contributed by atoms with Crippen LogP contribution in [0.2, 0.25) is 0 Å². The number of nitrogens with one attached hydrogen (secondary N) is 2. The number of benzene rings is 1. The molecule has 1 aromatic carbocycles. The molecule has 0 radical (unpaired) electrons. The molecular formula is C13H17N3O2S. The first-order valence-corrected chi connectivity index (χ1v) is 6.97. The van der Waals surface area contributed by atoms with E-state index in [1.165, 1.54) is 11.8 Å². The van der Waals surface area contributed by atoms with E-state index < -0.39 is 5.54 Å². The van der Waals surface area contributed by atoms with E-state index in [0.717, 1.165) is 10.6 Å². The Hall–Kier alpha value is -1.53. The van der Waals surface area contributed by atoms with Crippen molar-refractivity contribution in [3.63, 3.8) is 0 Å². The highest BCUT2D eigenvalue weighted by atomic mass is 32.2. The monoisotopic (exact) mass is 279 g/mol. The minimum absolute atomic E-state index is 0.0240. The lowest BCUT2D eigenvalue weighted by molar-refractivity contribution is -0.117. The second-order valence-corrected chi connectivity index (χ2v) is 6.28. The average molecular weight is 279 g/mol. The maximum atomic E-state index is 11.8. The van der Waals surface area contributed by atoms with E-state index in [2.05, 4.69) is 10.6 Å². The van der Waals surface area contributed by atoms with E-state index in [-0.39, 0.29) is 18.2 Å². The zero-order valence-corrected chi connectivity index (χ0v) is 11.8. The molecule has 0 fully saturated rings. The van der Waals surface area contributed by atoms with Crippen molar-refractivity contribution in [1.29, 1.82) is 0 Å². The van der Waals surface area contributed by atoms with Crippen LogP contribution in [-0.4, -0.2) is 23.1 Å². The van der Waals surface area contributed by atoms with Gasteiger partial charge in [-0.2, -0.15) is 0 Å². The quantitative estimate of drug-likeness (QED) is 0.787. The first-order chi connectivity index (χ1) is 8.83. The highest BCUT2D eigenvalue weighted by Crippen LogP contribution is 2.33. The summed E-state index contributed by atoms with van der Waals surface area (Å²) in [7, 11) is 0. The molecule has 102 valence electrons. The largest absolute Gasteiger partial charge is 0.326 e. The highest BCUT2D eigenvalue weighted by molar-refractivity contribution is 8.00. The Bertz CT molecular complexity index is 523. The number of carbonyl (C=O) groups is 2. The van der Waals surface area contributed by atoms with Crippen LogP contribution in [0, 0.1) is 0 Å². The molecule has 1 aliphatic heterocycles. The fourth-order valence-electron chi connectivity index (χ4n) is 1.78. The van der Waals surface area contributed by atoms with Gasteiger partial charge >= 0.3 is 0 Å². The third-order valence-corrected chi connectivity index (χ3v) is 3.59. The molecule has 1 aromatic rings. The summed E-state index contributed by atoms with van der Waals surface area (Å²) in [6.07, 6.45) is 0.241. The van der Waals surface area contributed by atoms with E-state index in [4.69, 9.17) is 5.73 Å². The number of hydrogen-bond acceptors (Lipinski definition) is 4. The topological polar surface area (TPSA) is 84.2 Å². The van der Waals surface area contributed by atoms with Gasteiger partial charge in [0, 0.05) is 22.5 Å². The second-order valence-electron chi connectivity index (χ2n) is 5.26. The summed E-state index contributed by atoms with van der Waals surface area (Å²) in [4.78, 5) is 24.1. The Labute approximate surface area is 116 Å². The Morgan fingerprint density at radius 3 is 2.95 bits per heavy atom. The van der Waals surface area contributed by atoms with E-state index in [0.29, 0.717) is 11.4 Å². The van der Waals surface area contributed by atoms with Crippen molar-refractivity contribution in [3.05, 3.63) is 18.2 Å². The molecule has 19 heavy (non-hydrogen) atoms. The second kappa shape index (κ2) is 5.22. The van der Waals surface area contributed by atoms with Gasteiger partial charge in [0.25, 0.3) is 0 Å². The fourth-order valence-corrected chi connectivity index (χ4v) is 2.57. The zero-order chi connectivity index (χ0) is 14.0. The molecule has 0 bridgehead atoms. The minimum atomic E-state index is -0.539. The van der Waals surface area contributed by atoms with Crippen LogP contribution >= 0.6 is 11.8 Å². The molecular weight excluding hydrogens is 262 g/mol. The molecule has 0 atom stereocenters. The highest BCUT2D eigenvalue weighted by Gasteiger charge is 2.18. The van der Waals surface area contributed by atoms with E-state index >= 15 is 0 Å². The molecule has 0 aromatic heterocycles. The summed E-state index contributed by atoms with van der Waals surface area (Å²) in [6.45, 7) is 3.60. The van der Waals surface area contributed by atoms with Gasteiger partial charge in [0.1, 0.15) is 0 Å². The normalized spacial score (nSPS) is 14.6. The Morgan fingerprint density at radius 1 is 1.53 bits per heavy atom. The average Bonchev–Trinajstić information content (AvgIpc) is 2.25. The third kappa shape index (κ3) is 3.97. The Morgan fingerprint density at radius 2 is 2.26 bits per heavy atom. The molecule has 1 heterocycles. The van der Waals surface area contributed by atoms with Crippen molar-refractivity contribution in [1.82, 2.24) is 0 Å². The van der Waals surface area contributed by atoms with Crippen molar-refractivity contribution < 1.29 is 9.59 Å². The van der Waals surface area contributed by atoms with Crippen molar-refractivity contribution in [2.24, 2.45) is 5.73 Å². The number of rotatable bonds is 3. The van der Waals surface area contributed by atoms with Gasteiger partial charge in [0.05, 0.1) is 11.4 Å². The lowest BCUT2D eigenvalue weighted by atomic mass is 10.0. The van der Waals surface area contributed by atoms with Crippen molar-refractivity contribution in [3.8, 4) is 0 Å². The smallest absolute Gasteiger partial charge is 0.234 e. The molecule has 0 aliphatic carbocycles. The zero-order valence-electron chi connectivity index (χ0n) is 10.9. The van der Waals surface area contributed by atoms with E-state index in [1.54, 1.807) is 19.9 Å². The van der Waals surface area contributed by atoms with Crippen LogP contribution in [0.5, 0.6) is 0 Å². The predicted molar refractivity (Wildman–Crippen MR) is 77.3 cm³/mol. The maximum absolute atomic E-state index is 11.8. The van der Waals surface area contributed by atoms with Gasteiger partial charge in [0.15, 0.2) is 0 Å². The number of nitrogens with two attached hydrogens (primary N) is 1. The summed E-state index contributed by atoms with van der Waals surface area (Å²) in [5.74, 6) is 0.270. The fraction of sp³-hybridized carbons (Fsp3) is 0.385. The van der Waals surface area contributed by atoms with Gasteiger partial charge in [-0.25, -0.2) is 0 Å². The van der Waals surface area contributed by atoms with Crippen LogP contribution < -0.4 is 16.4 Å². The first-order valence-electron chi connectivity index (χ1n) is 5.99. The van der Waals surface area contributed by atoms with Crippen molar-refractivity contribution in [2.45, 2.75) is 30.7 Å². The Balaban J connectivity index is 2.08. The molecule has 1 aliphatic rings. The molecule has 6 heteroatoms. The van der Waals surface area contributed by atoms with Crippen molar-refractivity contribution >= 4 is 35.0 Å². The third-order valence-electron chi connectivity index (χ3n) is 2.51. The lowest BCUT2D eigenvalue weighted by Crippen LogP contribution is -2.36. The standard InChI is InChI=1S/C13H17N3O2S/c1-13(2,14)6-11(17)15-8-3-4-10-9(5-8)16-12(18)7-19-10/h3-5H,6-7,14H2,1-2H3,(H,15,17)(H,16,18). The summed E-state index contributed by atoms with van der Waals surface area (Å²) in [5.41, 5.74) is 6.66. The number of hydrogen-bond donors (Lipinski definition) is 3. The minimum Gasteiger partial charge on any atom is -0.326 e. The van der Waals surface area contributed by atoms with Crippen LogP contribution in [0.1, 0.15) is 20.3 Å². The SMILES string of the molecule is CC(C)(N)CC(=O)Nc1ccc2c(c1)NC(=O)CS2. The van der Waals surface area contributed by atoms with E-state index in [9.17, 15) is 9.59 Å². The maximum Gasteiger partial charge on any atom is 0.234 e. The molecule has 2 rings (SSSR count). The summed E-state index contributed by atoms with van der Waals surface area (Å²) in [5, 5.41) is 5.57. The van der Waals surface area contributed by atoms with Gasteiger partial charge in [0.2, 0.25) is 11.8 Å². The molecule has 2 amide bonds. The number of anilines is 2. The number of carbonyl (C=O) groups excluding carboxylic acids is 2. The molecule has 5 nitrogen and oxygen atoms in total. The van der Waals surface area contributed by atoms with Crippen LogP contribution in [-0.2, 0) is 9.59 Å². The van der Waals surface area contributed by atoms with Gasteiger partial charge in [-0.15, -0.1) is 11.8 Å². The molecule has 0 saturated heterocycles. The van der Waals surface area contributed by atoms with Crippen LogP contribution in [0.4, 0.5) is 11.4 Å².